The number of unbranched alkanes of at least 4 members (excludes halogenated alkanes) is 58. The van der Waals surface area contributed by atoms with Crippen molar-refractivity contribution in [2.24, 2.45) is 0 Å². The van der Waals surface area contributed by atoms with E-state index in [-0.39, 0.29) is 18.9 Å². The summed E-state index contributed by atoms with van der Waals surface area (Å²) in [6, 6.07) is -0.916. The molecule has 1 amide bonds. The molecule has 0 aromatic heterocycles. The van der Waals surface area contributed by atoms with E-state index in [2.05, 4.69) is 67.8 Å². The predicted molar refractivity (Wildman–Crippen MR) is 447 cm³/mol. The summed E-state index contributed by atoms with van der Waals surface area (Å²) in [4.78, 5) is 13.4. The second-order valence-corrected chi connectivity index (χ2v) is 32.4. The van der Waals surface area contributed by atoms with Crippen molar-refractivity contribution in [2.75, 3.05) is 19.8 Å². The molecule has 2 fully saturated rings. The third-order valence-electron chi connectivity index (χ3n) is 22.5. The van der Waals surface area contributed by atoms with Crippen LogP contribution in [0.5, 0.6) is 0 Å². The number of rotatable bonds is 79. The van der Waals surface area contributed by atoms with Crippen LogP contribution in [0.3, 0.4) is 0 Å². The van der Waals surface area contributed by atoms with Crippen molar-refractivity contribution in [1.82, 2.24) is 5.32 Å². The van der Waals surface area contributed by atoms with Crippen LogP contribution in [0.4, 0.5) is 0 Å². The van der Waals surface area contributed by atoms with Crippen molar-refractivity contribution < 1.29 is 64.6 Å². The zero-order chi connectivity index (χ0) is 77.2. The monoisotopic (exact) mass is 1510 g/mol. The minimum atomic E-state index is -1.79. The molecule has 2 saturated heterocycles. The maximum absolute atomic E-state index is 13.4. The Hall–Kier alpha value is -2.31. The highest BCUT2D eigenvalue weighted by Gasteiger charge is 2.51. The lowest BCUT2D eigenvalue weighted by molar-refractivity contribution is -0.359. The maximum atomic E-state index is 13.4. The van der Waals surface area contributed by atoms with Crippen molar-refractivity contribution in [3.63, 3.8) is 0 Å². The number of nitrogens with one attached hydrogen (secondary N) is 1. The van der Waals surface area contributed by atoms with Crippen molar-refractivity contribution in [2.45, 2.75) is 505 Å². The van der Waals surface area contributed by atoms with Crippen molar-refractivity contribution in [1.29, 1.82) is 0 Å². The topological polar surface area (TPSA) is 228 Å². The molecule has 14 nitrogen and oxygen atoms in total. The molecule has 2 rings (SSSR count). The molecule has 0 aliphatic carbocycles. The highest BCUT2D eigenvalue weighted by atomic mass is 16.7. The van der Waals surface area contributed by atoms with Crippen LogP contribution >= 0.6 is 0 Å². The minimum Gasteiger partial charge on any atom is -0.394 e. The fourth-order valence-electron chi connectivity index (χ4n) is 15.3. The van der Waals surface area contributed by atoms with Crippen LogP contribution < -0.4 is 5.32 Å². The summed E-state index contributed by atoms with van der Waals surface area (Å²) in [5, 5.41) is 87.9. The van der Waals surface area contributed by atoms with Gasteiger partial charge in [-0.25, -0.2) is 0 Å². The van der Waals surface area contributed by atoms with Gasteiger partial charge in [0.05, 0.1) is 32.0 Å². The molecule has 2 heterocycles. The van der Waals surface area contributed by atoms with E-state index < -0.39 is 86.8 Å². The van der Waals surface area contributed by atoms with Gasteiger partial charge in [0.2, 0.25) is 5.91 Å². The Morgan fingerprint density at radius 1 is 0.346 bits per heavy atom. The first kappa shape index (κ1) is 101. The molecule has 628 valence electrons. The van der Waals surface area contributed by atoms with Gasteiger partial charge in [-0.15, -0.1) is 0 Å². The molecule has 2 aliphatic heterocycles. The summed E-state index contributed by atoms with van der Waals surface area (Å²) >= 11 is 0. The van der Waals surface area contributed by atoms with E-state index in [9.17, 15) is 45.6 Å². The number of carbonyl (C=O) groups is 1. The number of hydrogen-bond acceptors (Lipinski definition) is 13. The first-order chi connectivity index (χ1) is 52.6. The Morgan fingerprint density at radius 3 is 0.991 bits per heavy atom. The predicted octanol–water partition coefficient (Wildman–Crippen LogP) is 22.7. The third kappa shape index (κ3) is 58.2. The van der Waals surface area contributed by atoms with E-state index in [1.807, 2.05) is 6.08 Å². The standard InChI is InChI=1S/C93H173NO13/c1-3-5-7-9-11-13-15-17-19-21-23-25-27-29-31-33-35-37-38-39-40-41-42-43-44-45-47-49-51-53-55-57-59-61-63-65-67-69-71-73-75-77-85(98)94-81(80-104-92-90(103)88(101)91(84(79-96)106-92)107-93-89(102)87(100)86(99)83(78-95)105-93)82(97)76-74-72-70-68-66-64-62-60-58-56-54-52-50-48-46-36-34-32-30-28-26-24-22-20-18-16-14-12-10-8-6-4-2/h5,7,11,13,17,19,23,25,74,76,81-84,86-93,95-97,99-103H,3-4,6,8-10,12,14-16,18,20-22,24,26-73,75,77-80H2,1-2H3,(H,94,98)/b7-5-,13-11-,19-17-,25-23-,76-74+. The average Bonchev–Trinajstić information content (AvgIpc) is 0.789. The van der Waals surface area contributed by atoms with Crippen molar-refractivity contribution >= 4 is 5.91 Å². The lowest BCUT2D eigenvalue weighted by Gasteiger charge is -2.46. The lowest BCUT2D eigenvalue weighted by Crippen LogP contribution is -2.65. The number of carbonyl (C=O) groups excluding carboxylic acids is 1. The van der Waals surface area contributed by atoms with Crippen LogP contribution in [-0.4, -0.2) is 140 Å². The van der Waals surface area contributed by atoms with Crippen LogP contribution in [0.25, 0.3) is 0 Å². The van der Waals surface area contributed by atoms with Gasteiger partial charge in [-0.2, -0.15) is 0 Å². The van der Waals surface area contributed by atoms with Crippen molar-refractivity contribution in [3.05, 3.63) is 60.8 Å². The molecule has 107 heavy (non-hydrogen) atoms. The quantitative estimate of drug-likeness (QED) is 0.0204. The summed E-state index contributed by atoms with van der Waals surface area (Å²) in [6.07, 6.45) is 89.2. The van der Waals surface area contributed by atoms with Gasteiger partial charge in [0.1, 0.15) is 48.8 Å². The first-order valence-corrected chi connectivity index (χ1v) is 46.0. The van der Waals surface area contributed by atoms with Crippen LogP contribution in [0.1, 0.15) is 431 Å². The fraction of sp³-hybridized carbons (Fsp3) is 0.882. The van der Waals surface area contributed by atoms with Crippen LogP contribution in [0, 0.1) is 0 Å². The Morgan fingerprint density at radius 2 is 0.645 bits per heavy atom. The number of ether oxygens (including phenoxy) is 4. The molecular weight excluding hydrogens is 1340 g/mol. The molecule has 0 aromatic carbocycles. The summed E-state index contributed by atoms with van der Waals surface area (Å²) in [5.74, 6) is -0.230. The van der Waals surface area contributed by atoms with Gasteiger partial charge in [0.15, 0.2) is 12.6 Å². The zero-order valence-corrected chi connectivity index (χ0v) is 69.4. The number of hydrogen-bond donors (Lipinski definition) is 9. The molecular formula is C93H173NO13. The summed E-state index contributed by atoms with van der Waals surface area (Å²) in [5.41, 5.74) is 0. The normalized spacial score (nSPS) is 21.4. The van der Waals surface area contributed by atoms with Crippen LogP contribution in [0.2, 0.25) is 0 Å². The third-order valence-corrected chi connectivity index (χ3v) is 22.5. The molecule has 0 bridgehead atoms. The number of amides is 1. The summed E-state index contributed by atoms with van der Waals surface area (Å²) in [6.45, 7) is 2.76. The van der Waals surface area contributed by atoms with Gasteiger partial charge in [-0.1, -0.05) is 428 Å². The Kier molecular flexibility index (Phi) is 71.9. The molecule has 12 unspecified atom stereocenters. The molecule has 14 heteroatoms. The largest absolute Gasteiger partial charge is 0.394 e. The second kappa shape index (κ2) is 76.3. The van der Waals surface area contributed by atoms with Gasteiger partial charge in [0.25, 0.3) is 0 Å². The van der Waals surface area contributed by atoms with Gasteiger partial charge in [-0.3, -0.25) is 4.79 Å². The summed E-state index contributed by atoms with van der Waals surface area (Å²) in [7, 11) is 0. The molecule has 9 N–H and O–H groups in total. The van der Waals surface area contributed by atoms with E-state index in [0.717, 1.165) is 64.2 Å². The number of aliphatic hydroxyl groups excluding tert-OH is 8. The zero-order valence-electron chi connectivity index (χ0n) is 69.4. The fourth-order valence-corrected chi connectivity index (χ4v) is 15.3. The molecule has 0 radical (unpaired) electrons. The highest BCUT2D eigenvalue weighted by molar-refractivity contribution is 5.76. The SMILES string of the molecule is CC/C=C\C/C=C\C/C=C\C/C=C\CCCCCCCCCCCCCCCCCCCCCCCCCCCCCCC(=O)NC(COC1OC(CO)C(OC2OC(CO)C(O)C(O)C2O)C(O)C1O)C(O)/C=C/CCCCCCCCCCCCCCCCCCCCCCCCCCCCCCCC. The van der Waals surface area contributed by atoms with E-state index in [1.165, 1.54) is 340 Å². The van der Waals surface area contributed by atoms with Crippen LogP contribution in [-0.2, 0) is 23.7 Å². The van der Waals surface area contributed by atoms with Gasteiger partial charge in [-0.05, 0) is 57.8 Å². The first-order valence-electron chi connectivity index (χ1n) is 46.0. The second-order valence-electron chi connectivity index (χ2n) is 32.4. The number of allylic oxidation sites excluding steroid dienone is 9. The Balaban J connectivity index is 1.54. The van der Waals surface area contributed by atoms with E-state index in [0.29, 0.717) is 6.42 Å². The van der Waals surface area contributed by atoms with Gasteiger partial charge in [0, 0.05) is 6.42 Å². The number of aliphatic hydroxyl groups is 8. The maximum Gasteiger partial charge on any atom is 0.220 e. The summed E-state index contributed by atoms with van der Waals surface area (Å²) < 4.78 is 23.0. The van der Waals surface area contributed by atoms with E-state index >= 15 is 0 Å². The van der Waals surface area contributed by atoms with Gasteiger partial charge >= 0.3 is 0 Å². The average molecular weight is 1510 g/mol. The molecule has 12 atom stereocenters. The van der Waals surface area contributed by atoms with E-state index in [4.69, 9.17) is 18.9 Å². The van der Waals surface area contributed by atoms with Crippen molar-refractivity contribution in [3.8, 4) is 0 Å². The van der Waals surface area contributed by atoms with E-state index in [1.54, 1.807) is 6.08 Å². The van der Waals surface area contributed by atoms with Gasteiger partial charge < -0.3 is 65.1 Å². The minimum absolute atomic E-state index is 0.230. The molecule has 2 aliphatic rings. The lowest BCUT2D eigenvalue weighted by atomic mass is 9.97. The molecule has 0 spiro atoms. The smallest absolute Gasteiger partial charge is 0.220 e. The molecule has 0 aromatic rings. The Bertz CT molecular complexity index is 2030. The Labute approximate surface area is 657 Å². The van der Waals surface area contributed by atoms with Crippen LogP contribution in [0.15, 0.2) is 60.8 Å². The molecule has 0 saturated carbocycles. The highest BCUT2D eigenvalue weighted by Crippen LogP contribution is 2.31.